The summed E-state index contributed by atoms with van der Waals surface area (Å²) in [6.45, 7) is 2.48. The fourth-order valence-corrected chi connectivity index (χ4v) is 1.34. The van der Waals surface area contributed by atoms with Gasteiger partial charge in [-0.3, -0.25) is 0 Å². The average molecular weight is 255 g/mol. The van der Waals surface area contributed by atoms with Crippen molar-refractivity contribution in [3.63, 3.8) is 0 Å². The Bertz CT molecular complexity index is 458. The molecular weight excluding hydrogens is 240 g/mol. The summed E-state index contributed by atoms with van der Waals surface area (Å²) in [5, 5.41) is 2.98. The number of halogens is 2. The Balaban J connectivity index is 2.42. The van der Waals surface area contributed by atoms with Crippen LogP contribution in [0.1, 0.15) is 12.5 Å². The third-order valence-electron chi connectivity index (χ3n) is 2.37. The molecule has 98 valence electrons. The molecule has 0 spiro atoms. The third-order valence-corrected chi connectivity index (χ3v) is 2.37. The molecule has 0 bridgehead atoms. The Kier molecular flexibility index (Phi) is 5.45. The molecule has 1 aromatic rings. The Labute approximate surface area is 104 Å². The van der Waals surface area contributed by atoms with Crippen molar-refractivity contribution in [2.45, 2.75) is 13.5 Å². The molecule has 1 N–H and O–H groups in total. The summed E-state index contributed by atoms with van der Waals surface area (Å²) in [7, 11) is 1.31. The first kappa shape index (κ1) is 14.3. The van der Waals surface area contributed by atoms with E-state index in [0.29, 0.717) is 24.2 Å². The second-order valence-corrected chi connectivity index (χ2v) is 3.76. The van der Waals surface area contributed by atoms with Crippen LogP contribution in [0.3, 0.4) is 0 Å². The van der Waals surface area contributed by atoms with Crippen LogP contribution in [0.4, 0.5) is 8.78 Å². The van der Waals surface area contributed by atoms with E-state index in [4.69, 9.17) is 0 Å². The van der Waals surface area contributed by atoms with Gasteiger partial charge in [0.15, 0.2) is 11.6 Å². The lowest BCUT2D eigenvalue weighted by Gasteiger charge is -2.04. The lowest BCUT2D eigenvalue weighted by molar-refractivity contribution is -0.136. The summed E-state index contributed by atoms with van der Waals surface area (Å²) in [4.78, 5) is 11.0. The zero-order chi connectivity index (χ0) is 13.5. The van der Waals surface area contributed by atoms with Crippen molar-refractivity contribution in [3.8, 4) is 0 Å². The lowest BCUT2D eigenvalue weighted by atomic mass is 10.2. The summed E-state index contributed by atoms with van der Waals surface area (Å²) in [6, 6.07) is 3.73. The van der Waals surface area contributed by atoms with E-state index >= 15 is 0 Å². The van der Waals surface area contributed by atoms with Gasteiger partial charge in [0.2, 0.25) is 0 Å². The third kappa shape index (κ3) is 4.25. The first-order valence-electron chi connectivity index (χ1n) is 5.44. The largest absolute Gasteiger partial charge is 0.466 e. The number of methoxy groups -OCH3 is 1. The number of nitrogens with one attached hydrogen (secondary N) is 1. The van der Waals surface area contributed by atoms with Crippen LogP contribution in [-0.4, -0.2) is 19.6 Å². The summed E-state index contributed by atoms with van der Waals surface area (Å²) in [5.74, 6) is -2.11. The van der Waals surface area contributed by atoms with E-state index < -0.39 is 11.6 Å². The lowest BCUT2D eigenvalue weighted by Crippen LogP contribution is -2.14. The van der Waals surface area contributed by atoms with Crippen LogP contribution in [0.5, 0.6) is 0 Å². The highest BCUT2D eigenvalue weighted by molar-refractivity contribution is 5.87. The van der Waals surface area contributed by atoms with E-state index in [0.717, 1.165) is 12.1 Å². The summed E-state index contributed by atoms with van der Waals surface area (Å²) < 4.78 is 30.1. The second kappa shape index (κ2) is 6.86. The predicted molar refractivity (Wildman–Crippen MR) is 63.8 cm³/mol. The van der Waals surface area contributed by atoms with Gasteiger partial charge in [-0.1, -0.05) is 12.1 Å². The Hall–Kier alpha value is -1.75. The van der Waals surface area contributed by atoms with Crippen LogP contribution >= 0.6 is 0 Å². The highest BCUT2D eigenvalue weighted by Crippen LogP contribution is 2.08. The van der Waals surface area contributed by atoms with E-state index in [2.05, 4.69) is 10.1 Å². The van der Waals surface area contributed by atoms with Crippen molar-refractivity contribution in [1.82, 2.24) is 5.32 Å². The molecule has 0 radical (unpaired) electrons. The molecule has 1 rings (SSSR count). The standard InChI is InChI=1S/C13H15F2NO2/c1-9(13(17)18-2)5-6-16-8-10-3-4-11(14)12(15)7-10/h3-5,7,16H,6,8H2,1-2H3/b9-5+. The molecule has 0 amide bonds. The number of hydrogen-bond donors (Lipinski definition) is 1. The topological polar surface area (TPSA) is 38.3 Å². The van der Waals surface area contributed by atoms with Gasteiger partial charge in [-0.25, -0.2) is 13.6 Å². The molecule has 0 fully saturated rings. The zero-order valence-corrected chi connectivity index (χ0v) is 10.3. The minimum Gasteiger partial charge on any atom is -0.466 e. The quantitative estimate of drug-likeness (QED) is 0.498. The molecular formula is C13H15F2NO2. The minimum absolute atomic E-state index is 0.385. The summed E-state index contributed by atoms with van der Waals surface area (Å²) in [6.07, 6.45) is 1.67. The molecule has 0 heterocycles. The van der Waals surface area contributed by atoms with E-state index in [1.807, 2.05) is 0 Å². The summed E-state index contributed by atoms with van der Waals surface area (Å²) in [5.41, 5.74) is 1.13. The fraction of sp³-hybridized carbons (Fsp3) is 0.308. The van der Waals surface area contributed by atoms with Crippen LogP contribution in [0.2, 0.25) is 0 Å². The number of rotatable bonds is 5. The molecule has 3 nitrogen and oxygen atoms in total. The predicted octanol–water partition coefficient (Wildman–Crippen LogP) is 2.17. The van der Waals surface area contributed by atoms with Gasteiger partial charge in [-0.05, 0) is 24.6 Å². The Morgan fingerprint density at radius 2 is 2.11 bits per heavy atom. The number of hydrogen-bond acceptors (Lipinski definition) is 3. The normalized spacial score (nSPS) is 11.4. The van der Waals surface area contributed by atoms with Crippen LogP contribution < -0.4 is 5.32 Å². The van der Waals surface area contributed by atoms with Gasteiger partial charge in [0, 0.05) is 18.7 Å². The van der Waals surface area contributed by atoms with Crippen molar-refractivity contribution >= 4 is 5.97 Å². The van der Waals surface area contributed by atoms with Crippen LogP contribution in [0.15, 0.2) is 29.8 Å². The van der Waals surface area contributed by atoms with Gasteiger partial charge in [0.25, 0.3) is 0 Å². The highest BCUT2D eigenvalue weighted by atomic mass is 19.2. The first-order chi connectivity index (χ1) is 8.54. The molecule has 1 aromatic carbocycles. The molecule has 0 aliphatic rings. The van der Waals surface area contributed by atoms with Crippen LogP contribution in [0.25, 0.3) is 0 Å². The molecule has 0 aromatic heterocycles. The maximum absolute atomic E-state index is 12.9. The average Bonchev–Trinajstić information content (AvgIpc) is 2.37. The van der Waals surface area contributed by atoms with Crippen LogP contribution in [-0.2, 0) is 16.1 Å². The first-order valence-corrected chi connectivity index (χ1v) is 5.44. The van der Waals surface area contributed by atoms with Gasteiger partial charge in [-0.15, -0.1) is 0 Å². The number of ether oxygens (including phenoxy) is 1. The Morgan fingerprint density at radius 1 is 1.39 bits per heavy atom. The smallest absolute Gasteiger partial charge is 0.333 e. The van der Waals surface area contributed by atoms with E-state index in [1.54, 1.807) is 13.0 Å². The monoisotopic (exact) mass is 255 g/mol. The van der Waals surface area contributed by atoms with Gasteiger partial charge < -0.3 is 10.1 Å². The molecule has 0 unspecified atom stereocenters. The van der Waals surface area contributed by atoms with Crippen molar-refractivity contribution in [2.75, 3.05) is 13.7 Å². The number of esters is 1. The van der Waals surface area contributed by atoms with Gasteiger partial charge in [0.1, 0.15) is 0 Å². The molecule has 0 saturated heterocycles. The molecule has 0 saturated carbocycles. The molecule has 18 heavy (non-hydrogen) atoms. The second-order valence-electron chi connectivity index (χ2n) is 3.76. The molecule has 0 aliphatic carbocycles. The van der Waals surface area contributed by atoms with Gasteiger partial charge >= 0.3 is 5.97 Å². The van der Waals surface area contributed by atoms with Gasteiger partial charge in [-0.2, -0.15) is 0 Å². The van der Waals surface area contributed by atoms with E-state index in [-0.39, 0.29) is 5.97 Å². The van der Waals surface area contributed by atoms with Gasteiger partial charge in [0.05, 0.1) is 7.11 Å². The van der Waals surface area contributed by atoms with Crippen molar-refractivity contribution in [1.29, 1.82) is 0 Å². The maximum Gasteiger partial charge on any atom is 0.333 e. The molecule has 0 atom stereocenters. The molecule has 0 aliphatic heterocycles. The van der Waals surface area contributed by atoms with Crippen molar-refractivity contribution in [3.05, 3.63) is 47.0 Å². The minimum atomic E-state index is -0.865. The zero-order valence-electron chi connectivity index (χ0n) is 10.3. The number of carbonyl (C=O) groups is 1. The fourth-order valence-electron chi connectivity index (χ4n) is 1.34. The number of benzene rings is 1. The highest BCUT2D eigenvalue weighted by Gasteiger charge is 2.03. The number of carbonyl (C=O) groups excluding carboxylic acids is 1. The van der Waals surface area contributed by atoms with E-state index in [1.165, 1.54) is 13.2 Å². The maximum atomic E-state index is 12.9. The van der Waals surface area contributed by atoms with Crippen molar-refractivity contribution in [2.24, 2.45) is 0 Å². The Morgan fingerprint density at radius 3 is 2.72 bits per heavy atom. The van der Waals surface area contributed by atoms with Crippen molar-refractivity contribution < 1.29 is 18.3 Å². The van der Waals surface area contributed by atoms with Crippen LogP contribution in [0, 0.1) is 11.6 Å². The van der Waals surface area contributed by atoms with E-state index in [9.17, 15) is 13.6 Å². The molecule has 5 heteroatoms. The SMILES string of the molecule is COC(=O)/C(C)=C/CNCc1ccc(F)c(F)c1. The summed E-state index contributed by atoms with van der Waals surface area (Å²) >= 11 is 0.